The Morgan fingerprint density at radius 2 is 2.00 bits per heavy atom. The van der Waals surface area contributed by atoms with Gasteiger partial charge >= 0.3 is 0 Å². The first-order valence-electron chi connectivity index (χ1n) is 6.65. The number of carbonyl (C=O) groups excluding carboxylic acids is 1. The summed E-state index contributed by atoms with van der Waals surface area (Å²) in [6.45, 7) is 3.82. The van der Waals surface area contributed by atoms with Gasteiger partial charge in [-0.05, 0) is 55.3 Å². The summed E-state index contributed by atoms with van der Waals surface area (Å²) >= 11 is 5.97. The van der Waals surface area contributed by atoms with E-state index in [1.807, 2.05) is 38.1 Å². The van der Waals surface area contributed by atoms with Gasteiger partial charge in [-0.3, -0.25) is 10.6 Å². The van der Waals surface area contributed by atoms with Crippen molar-refractivity contribution in [1.29, 1.82) is 0 Å². The number of benzene rings is 2. The van der Waals surface area contributed by atoms with Gasteiger partial charge < -0.3 is 10.7 Å². The quantitative estimate of drug-likeness (QED) is 0.599. The molecule has 4 nitrogen and oxygen atoms in total. The number of aryl methyl sites for hydroxylation is 1. The molecule has 5 heteroatoms. The minimum atomic E-state index is -0.130. The molecule has 0 bridgehead atoms. The van der Waals surface area contributed by atoms with E-state index in [9.17, 15) is 4.79 Å². The third-order valence-electron chi connectivity index (χ3n) is 3.34. The van der Waals surface area contributed by atoms with Gasteiger partial charge in [0.25, 0.3) is 5.91 Å². The Bertz CT molecular complexity index is 658. The van der Waals surface area contributed by atoms with E-state index in [1.54, 1.807) is 18.2 Å². The number of hydrogen-bond donors (Lipinski definition) is 3. The third-order valence-corrected chi connectivity index (χ3v) is 3.58. The lowest BCUT2D eigenvalue weighted by molar-refractivity contribution is 0.0940. The van der Waals surface area contributed by atoms with Gasteiger partial charge in [0.05, 0.1) is 11.7 Å². The summed E-state index contributed by atoms with van der Waals surface area (Å²) in [5, 5.41) is 3.61. The second kappa shape index (κ2) is 6.61. The highest BCUT2D eigenvalue weighted by Crippen LogP contribution is 2.19. The van der Waals surface area contributed by atoms with Crippen LogP contribution >= 0.6 is 11.6 Å². The molecule has 110 valence electrons. The smallest absolute Gasteiger partial charge is 0.251 e. The molecular formula is C16H18ClN3O. The average Bonchev–Trinajstić information content (AvgIpc) is 2.47. The van der Waals surface area contributed by atoms with Gasteiger partial charge in [0.1, 0.15) is 0 Å². The van der Waals surface area contributed by atoms with E-state index in [4.69, 9.17) is 17.4 Å². The van der Waals surface area contributed by atoms with Crippen LogP contribution in [0.3, 0.4) is 0 Å². The maximum atomic E-state index is 12.3. The SMILES string of the molecule is Cc1cc(C(=O)NC(C)c2cccc(Cl)c2)ccc1NN. The second-order valence-electron chi connectivity index (χ2n) is 4.92. The van der Waals surface area contributed by atoms with Crippen molar-refractivity contribution in [2.24, 2.45) is 5.84 Å². The number of hydrazine groups is 1. The Morgan fingerprint density at radius 3 is 2.62 bits per heavy atom. The largest absolute Gasteiger partial charge is 0.346 e. The van der Waals surface area contributed by atoms with Crippen LogP contribution in [0.5, 0.6) is 0 Å². The van der Waals surface area contributed by atoms with Crippen LogP contribution in [-0.4, -0.2) is 5.91 Å². The van der Waals surface area contributed by atoms with Crippen LogP contribution in [0.25, 0.3) is 0 Å². The predicted molar refractivity (Wildman–Crippen MR) is 86.3 cm³/mol. The maximum absolute atomic E-state index is 12.3. The Hall–Kier alpha value is -2.04. The summed E-state index contributed by atoms with van der Waals surface area (Å²) in [6.07, 6.45) is 0. The van der Waals surface area contributed by atoms with E-state index < -0.39 is 0 Å². The maximum Gasteiger partial charge on any atom is 0.251 e. The number of anilines is 1. The minimum Gasteiger partial charge on any atom is -0.346 e. The summed E-state index contributed by atoms with van der Waals surface area (Å²) in [6, 6.07) is 12.7. The van der Waals surface area contributed by atoms with E-state index in [-0.39, 0.29) is 11.9 Å². The van der Waals surface area contributed by atoms with Crippen molar-refractivity contribution in [3.63, 3.8) is 0 Å². The van der Waals surface area contributed by atoms with Gasteiger partial charge in [-0.2, -0.15) is 0 Å². The van der Waals surface area contributed by atoms with Crippen LogP contribution in [-0.2, 0) is 0 Å². The lowest BCUT2D eigenvalue weighted by atomic mass is 10.1. The zero-order chi connectivity index (χ0) is 15.4. The first-order chi connectivity index (χ1) is 10.0. The molecule has 2 rings (SSSR count). The van der Waals surface area contributed by atoms with Gasteiger partial charge in [-0.25, -0.2) is 0 Å². The van der Waals surface area contributed by atoms with Gasteiger partial charge in [0.2, 0.25) is 0 Å². The van der Waals surface area contributed by atoms with Gasteiger partial charge in [0, 0.05) is 10.6 Å². The Balaban J connectivity index is 2.12. The molecule has 21 heavy (non-hydrogen) atoms. The highest BCUT2D eigenvalue weighted by molar-refractivity contribution is 6.30. The molecule has 2 aromatic carbocycles. The van der Waals surface area contributed by atoms with Crippen molar-refractivity contribution in [2.45, 2.75) is 19.9 Å². The van der Waals surface area contributed by atoms with Gasteiger partial charge in [0.15, 0.2) is 0 Å². The Kier molecular flexibility index (Phi) is 4.83. The van der Waals surface area contributed by atoms with Crippen LogP contribution in [0, 0.1) is 6.92 Å². The van der Waals surface area contributed by atoms with E-state index in [0.717, 1.165) is 16.8 Å². The molecule has 1 amide bonds. The number of halogens is 1. The standard InChI is InChI=1S/C16H18ClN3O/c1-10-8-13(6-7-15(10)20-18)16(21)19-11(2)12-4-3-5-14(17)9-12/h3-9,11,20H,18H2,1-2H3,(H,19,21). The molecule has 0 radical (unpaired) electrons. The molecule has 1 unspecified atom stereocenters. The highest BCUT2D eigenvalue weighted by Gasteiger charge is 2.12. The van der Waals surface area contributed by atoms with Gasteiger partial charge in [-0.1, -0.05) is 23.7 Å². The van der Waals surface area contributed by atoms with Crippen molar-refractivity contribution in [3.8, 4) is 0 Å². The molecule has 0 fully saturated rings. The topological polar surface area (TPSA) is 67.2 Å². The second-order valence-corrected chi connectivity index (χ2v) is 5.36. The fraction of sp³-hybridized carbons (Fsp3) is 0.188. The molecule has 0 aliphatic rings. The fourth-order valence-electron chi connectivity index (χ4n) is 2.11. The molecular weight excluding hydrogens is 286 g/mol. The first-order valence-corrected chi connectivity index (χ1v) is 7.02. The van der Waals surface area contributed by atoms with Crippen molar-refractivity contribution in [3.05, 3.63) is 64.2 Å². The van der Waals surface area contributed by atoms with Crippen molar-refractivity contribution >= 4 is 23.2 Å². The summed E-state index contributed by atoms with van der Waals surface area (Å²) in [4.78, 5) is 12.3. The van der Waals surface area contributed by atoms with E-state index >= 15 is 0 Å². The number of carbonyl (C=O) groups is 1. The molecule has 1 atom stereocenters. The predicted octanol–water partition coefficient (Wildman–Crippen LogP) is 3.43. The normalized spacial score (nSPS) is 11.8. The van der Waals surface area contributed by atoms with E-state index in [1.165, 1.54) is 0 Å². The molecule has 2 aromatic rings. The molecule has 0 aromatic heterocycles. The number of rotatable bonds is 4. The minimum absolute atomic E-state index is 0.121. The van der Waals surface area contributed by atoms with E-state index in [2.05, 4.69) is 10.7 Å². The summed E-state index contributed by atoms with van der Waals surface area (Å²) in [5.74, 6) is 5.25. The zero-order valence-electron chi connectivity index (χ0n) is 12.0. The van der Waals surface area contributed by atoms with Crippen molar-refractivity contribution in [2.75, 3.05) is 5.43 Å². The first kappa shape index (κ1) is 15.4. The lowest BCUT2D eigenvalue weighted by Gasteiger charge is -2.15. The zero-order valence-corrected chi connectivity index (χ0v) is 12.7. The van der Waals surface area contributed by atoms with Crippen LogP contribution in [0.4, 0.5) is 5.69 Å². The van der Waals surface area contributed by atoms with Crippen molar-refractivity contribution < 1.29 is 4.79 Å². The third kappa shape index (κ3) is 3.74. The molecule has 0 aliphatic heterocycles. The highest BCUT2D eigenvalue weighted by atomic mass is 35.5. The molecule has 0 aliphatic carbocycles. The number of amides is 1. The fourth-order valence-corrected chi connectivity index (χ4v) is 2.30. The Morgan fingerprint density at radius 1 is 1.24 bits per heavy atom. The lowest BCUT2D eigenvalue weighted by Crippen LogP contribution is -2.26. The monoisotopic (exact) mass is 303 g/mol. The number of nitrogens with one attached hydrogen (secondary N) is 2. The number of hydrogen-bond acceptors (Lipinski definition) is 3. The average molecular weight is 304 g/mol. The van der Waals surface area contributed by atoms with Crippen LogP contribution in [0.15, 0.2) is 42.5 Å². The molecule has 0 spiro atoms. The molecule has 0 saturated heterocycles. The van der Waals surface area contributed by atoms with Crippen molar-refractivity contribution in [1.82, 2.24) is 5.32 Å². The van der Waals surface area contributed by atoms with Crippen LogP contribution in [0.1, 0.15) is 34.5 Å². The summed E-state index contributed by atoms with van der Waals surface area (Å²) in [7, 11) is 0. The van der Waals surface area contributed by atoms with Crippen LogP contribution < -0.4 is 16.6 Å². The number of nitrogens with two attached hydrogens (primary N) is 1. The summed E-state index contributed by atoms with van der Waals surface area (Å²) < 4.78 is 0. The Labute approximate surface area is 129 Å². The summed E-state index contributed by atoms with van der Waals surface area (Å²) in [5.41, 5.74) is 5.87. The van der Waals surface area contributed by atoms with Crippen LogP contribution in [0.2, 0.25) is 5.02 Å². The van der Waals surface area contributed by atoms with Gasteiger partial charge in [-0.15, -0.1) is 0 Å². The molecule has 0 heterocycles. The molecule has 4 N–H and O–H groups in total. The number of nitrogen functional groups attached to an aromatic ring is 1. The van der Waals surface area contributed by atoms with E-state index in [0.29, 0.717) is 10.6 Å². The molecule has 0 saturated carbocycles.